The van der Waals surface area contributed by atoms with Gasteiger partial charge in [-0.3, -0.25) is 0 Å². The van der Waals surface area contributed by atoms with Crippen molar-refractivity contribution in [2.24, 2.45) is 0 Å². The van der Waals surface area contributed by atoms with Gasteiger partial charge in [0.2, 0.25) is 5.95 Å². The molecule has 0 spiro atoms. The molecule has 1 aliphatic heterocycles. The average Bonchev–Trinajstić information content (AvgIpc) is 2.69. The van der Waals surface area contributed by atoms with Gasteiger partial charge in [-0.05, 0) is 19.8 Å². The third kappa shape index (κ3) is 1.86. The summed E-state index contributed by atoms with van der Waals surface area (Å²) in [5, 5.41) is 0. The number of anilines is 1. The number of aromatic nitrogens is 2. The van der Waals surface area contributed by atoms with E-state index < -0.39 is 5.95 Å². The predicted molar refractivity (Wildman–Crippen MR) is 54.7 cm³/mol. The van der Waals surface area contributed by atoms with Gasteiger partial charge in [0.05, 0.1) is 12.8 Å². The zero-order chi connectivity index (χ0) is 10.8. The minimum absolute atomic E-state index is 0.137. The monoisotopic (exact) mass is 211 g/mol. The van der Waals surface area contributed by atoms with Crippen LogP contribution in [0.5, 0.6) is 5.75 Å². The first-order valence-corrected chi connectivity index (χ1v) is 5.05. The maximum Gasteiger partial charge on any atom is 0.260 e. The summed E-state index contributed by atoms with van der Waals surface area (Å²) in [7, 11) is 1.42. The summed E-state index contributed by atoms with van der Waals surface area (Å²) in [6, 6.07) is 0. The van der Waals surface area contributed by atoms with Crippen molar-refractivity contribution in [2.75, 3.05) is 25.1 Å². The molecule has 0 aliphatic carbocycles. The minimum Gasteiger partial charge on any atom is -0.490 e. The van der Waals surface area contributed by atoms with Gasteiger partial charge in [0.1, 0.15) is 0 Å². The smallest absolute Gasteiger partial charge is 0.260 e. The number of ether oxygens (including phenoxy) is 1. The lowest BCUT2D eigenvalue weighted by Gasteiger charge is -2.16. The van der Waals surface area contributed by atoms with E-state index in [2.05, 4.69) is 9.97 Å². The minimum atomic E-state index is -0.577. The highest BCUT2D eigenvalue weighted by Gasteiger charge is 2.18. The lowest BCUT2D eigenvalue weighted by molar-refractivity contribution is 0.371. The molecule has 0 radical (unpaired) electrons. The Bertz CT molecular complexity index is 341. The highest BCUT2D eigenvalue weighted by molar-refractivity contribution is 5.37. The Balaban J connectivity index is 2.33. The molecule has 0 bridgehead atoms. The Morgan fingerprint density at radius 3 is 2.47 bits per heavy atom. The molecular weight excluding hydrogens is 197 g/mol. The number of halogens is 1. The van der Waals surface area contributed by atoms with Crippen LogP contribution >= 0.6 is 0 Å². The van der Waals surface area contributed by atoms with Crippen LogP contribution in [0, 0.1) is 12.9 Å². The second kappa shape index (κ2) is 4.00. The number of hydrogen-bond acceptors (Lipinski definition) is 4. The molecule has 1 saturated heterocycles. The maximum absolute atomic E-state index is 13.5. The van der Waals surface area contributed by atoms with Crippen LogP contribution < -0.4 is 9.64 Å². The third-order valence-electron chi connectivity index (χ3n) is 2.57. The lowest BCUT2D eigenvalue weighted by atomic mass is 10.4. The molecular formula is C10H14FN3O. The standard InChI is InChI=1S/C10H14FN3O/c1-7-8(15-2)9(11)13-10(12-7)14-5-3-4-6-14/h3-6H2,1-2H3. The lowest BCUT2D eigenvalue weighted by Crippen LogP contribution is -2.21. The Labute approximate surface area is 88.1 Å². The van der Waals surface area contributed by atoms with E-state index in [1.807, 2.05) is 4.90 Å². The molecule has 1 aliphatic rings. The van der Waals surface area contributed by atoms with Gasteiger partial charge in [0.15, 0.2) is 5.75 Å². The molecule has 1 aromatic heterocycles. The quantitative estimate of drug-likeness (QED) is 0.695. The zero-order valence-corrected chi connectivity index (χ0v) is 8.96. The van der Waals surface area contributed by atoms with Gasteiger partial charge in [-0.15, -0.1) is 0 Å². The molecule has 5 heteroatoms. The number of nitrogens with zero attached hydrogens (tertiary/aromatic N) is 3. The second-order valence-electron chi connectivity index (χ2n) is 3.63. The van der Waals surface area contributed by atoms with E-state index in [0.29, 0.717) is 11.6 Å². The molecule has 1 fully saturated rings. The molecule has 4 nitrogen and oxygen atoms in total. The van der Waals surface area contributed by atoms with Gasteiger partial charge in [-0.25, -0.2) is 4.98 Å². The Hall–Kier alpha value is -1.39. The van der Waals surface area contributed by atoms with Crippen LogP contribution in [0.4, 0.5) is 10.3 Å². The summed E-state index contributed by atoms with van der Waals surface area (Å²) in [6.45, 7) is 3.54. The highest BCUT2D eigenvalue weighted by Crippen LogP contribution is 2.23. The average molecular weight is 211 g/mol. The normalized spacial score (nSPS) is 15.8. The molecule has 0 unspecified atom stereocenters. The fraction of sp³-hybridized carbons (Fsp3) is 0.600. The van der Waals surface area contributed by atoms with Gasteiger partial charge in [0, 0.05) is 13.1 Å². The highest BCUT2D eigenvalue weighted by atomic mass is 19.1. The molecule has 0 saturated carbocycles. The Kier molecular flexibility index (Phi) is 2.70. The van der Waals surface area contributed by atoms with Crippen LogP contribution in [0.25, 0.3) is 0 Å². The first kappa shape index (κ1) is 10.1. The van der Waals surface area contributed by atoms with Crippen LogP contribution in [-0.4, -0.2) is 30.2 Å². The molecule has 2 rings (SSSR count). The Morgan fingerprint density at radius 1 is 1.27 bits per heavy atom. The van der Waals surface area contributed by atoms with Gasteiger partial charge < -0.3 is 9.64 Å². The molecule has 0 atom stereocenters. The first-order valence-electron chi connectivity index (χ1n) is 5.05. The third-order valence-corrected chi connectivity index (χ3v) is 2.57. The van der Waals surface area contributed by atoms with Crippen LogP contribution in [0.3, 0.4) is 0 Å². The number of rotatable bonds is 2. The summed E-state index contributed by atoms with van der Waals surface area (Å²) in [6.07, 6.45) is 2.24. The topological polar surface area (TPSA) is 38.2 Å². The van der Waals surface area contributed by atoms with Crippen molar-refractivity contribution >= 4 is 5.95 Å². The van der Waals surface area contributed by atoms with Crippen LogP contribution in [-0.2, 0) is 0 Å². The van der Waals surface area contributed by atoms with Crippen LogP contribution in [0.1, 0.15) is 18.5 Å². The van der Waals surface area contributed by atoms with E-state index in [-0.39, 0.29) is 5.75 Å². The second-order valence-corrected chi connectivity index (χ2v) is 3.63. The van der Waals surface area contributed by atoms with Crippen molar-refractivity contribution in [3.8, 4) is 5.75 Å². The van der Waals surface area contributed by atoms with Crippen molar-refractivity contribution < 1.29 is 9.13 Å². The number of aryl methyl sites for hydroxylation is 1. The van der Waals surface area contributed by atoms with E-state index in [1.54, 1.807) is 6.92 Å². The van der Waals surface area contributed by atoms with Crippen molar-refractivity contribution in [3.63, 3.8) is 0 Å². The zero-order valence-electron chi connectivity index (χ0n) is 8.96. The molecule has 0 N–H and O–H groups in total. The maximum atomic E-state index is 13.5. The van der Waals surface area contributed by atoms with E-state index >= 15 is 0 Å². The summed E-state index contributed by atoms with van der Waals surface area (Å²) >= 11 is 0. The molecule has 2 heterocycles. The van der Waals surface area contributed by atoms with E-state index in [4.69, 9.17) is 4.74 Å². The SMILES string of the molecule is COc1c(C)nc(N2CCCC2)nc1F. The first-order chi connectivity index (χ1) is 7.22. The molecule has 0 amide bonds. The van der Waals surface area contributed by atoms with Gasteiger partial charge in [0.25, 0.3) is 5.95 Å². The molecule has 1 aromatic rings. The van der Waals surface area contributed by atoms with Gasteiger partial charge in [-0.2, -0.15) is 9.37 Å². The van der Waals surface area contributed by atoms with Crippen LogP contribution in [0.15, 0.2) is 0 Å². The Morgan fingerprint density at radius 2 is 1.93 bits per heavy atom. The fourth-order valence-corrected chi connectivity index (χ4v) is 1.80. The van der Waals surface area contributed by atoms with E-state index in [1.165, 1.54) is 7.11 Å². The van der Waals surface area contributed by atoms with E-state index in [9.17, 15) is 4.39 Å². The number of methoxy groups -OCH3 is 1. The van der Waals surface area contributed by atoms with E-state index in [0.717, 1.165) is 25.9 Å². The largest absolute Gasteiger partial charge is 0.490 e. The van der Waals surface area contributed by atoms with Crippen LogP contribution in [0.2, 0.25) is 0 Å². The fourth-order valence-electron chi connectivity index (χ4n) is 1.80. The van der Waals surface area contributed by atoms with Gasteiger partial charge >= 0.3 is 0 Å². The number of hydrogen-bond donors (Lipinski definition) is 0. The van der Waals surface area contributed by atoms with Crippen molar-refractivity contribution in [1.82, 2.24) is 9.97 Å². The van der Waals surface area contributed by atoms with Crippen molar-refractivity contribution in [2.45, 2.75) is 19.8 Å². The summed E-state index contributed by atoms with van der Waals surface area (Å²) in [5.74, 6) is 0.0353. The predicted octanol–water partition coefficient (Wildman–Crippen LogP) is 1.53. The summed E-state index contributed by atoms with van der Waals surface area (Å²) in [5.41, 5.74) is 0.548. The van der Waals surface area contributed by atoms with Gasteiger partial charge in [-0.1, -0.05) is 0 Å². The molecule has 15 heavy (non-hydrogen) atoms. The summed E-state index contributed by atoms with van der Waals surface area (Å²) < 4.78 is 18.3. The van der Waals surface area contributed by atoms with Crippen molar-refractivity contribution in [1.29, 1.82) is 0 Å². The van der Waals surface area contributed by atoms with Crippen molar-refractivity contribution in [3.05, 3.63) is 11.6 Å². The molecule has 82 valence electrons. The summed E-state index contributed by atoms with van der Waals surface area (Å²) in [4.78, 5) is 10.0. The molecule has 0 aromatic carbocycles.